The highest BCUT2D eigenvalue weighted by Gasteiger charge is 2.22. The van der Waals surface area contributed by atoms with E-state index in [4.69, 9.17) is 4.98 Å². The van der Waals surface area contributed by atoms with Crippen molar-refractivity contribution in [1.82, 2.24) is 23.7 Å². The van der Waals surface area contributed by atoms with E-state index in [-0.39, 0.29) is 0 Å². The van der Waals surface area contributed by atoms with Gasteiger partial charge >= 0.3 is 0 Å². The van der Waals surface area contributed by atoms with Crippen molar-refractivity contribution in [2.45, 2.75) is 6.42 Å². The van der Waals surface area contributed by atoms with Gasteiger partial charge in [-0.3, -0.25) is 4.98 Å². The highest BCUT2D eigenvalue weighted by Crippen LogP contribution is 2.43. The molecule has 8 aromatic carbocycles. The van der Waals surface area contributed by atoms with E-state index >= 15 is 0 Å². The van der Waals surface area contributed by atoms with Crippen LogP contribution in [0.3, 0.4) is 0 Å². The number of para-hydroxylation sites is 4. The molecule has 13 aromatic rings. The van der Waals surface area contributed by atoms with E-state index in [1.807, 2.05) is 12.4 Å². The second kappa shape index (κ2) is 13.5. The summed E-state index contributed by atoms with van der Waals surface area (Å²) in [5, 5.41) is 5.99. The minimum Gasteiger partial charge on any atom is -0.309 e. The summed E-state index contributed by atoms with van der Waals surface area (Å²) in [5.41, 5.74) is 21.2. The number of pyridine rings is 2. The molecule has 5 heterocycles. The number of hydrogen-bond donors (Lipinski definition) is 0. The van der Waals surface area contributed by atoms with E-state index in [0.717, 1.165) is 67.6 Å². The molecule has 0 unspecified atom stereocenters. The van der Waals surface area contributed by atoms with Crippen LogP contribution < -0.4 is 0 Å². The fourth-order valence-corrected chi connectivity index (χ4v) is 10.6. The van der Waals surface area contributed by atoms with Gasteiger partial charge in [-0.1, -0.05) is 109 Å². The molecule has 298 valence electrons. The lowest BCUT2D eigenvalue weighted by molar-refractivity contribution is 1.13. The van der Waals surface area contributed by atoms with Crippen molar-refractivity contribution in [2.24, 2.45) is 0 Å². The monoisotopic (exact) mass is 815 g/mol. The third kappa shape index (κ3) is 5.12. The normalized spacial score (nSPS) is 12.3. The van der Waals surface area contributed by atoms with E-state index in [0.29, 0.717) is 0 Å². The average Bonchev–Trinajstić information content (AvgIpc) is 4.10. The van der Waals surface area contributed by atoms with Crippen LogP contribution in [0.2, 0.25) is 0 Å². The largest absolute Gasteiger partial charge is 0.309 e. The first kappa shape index (κ1) is 35.1. The Kier molecular flexibility index (Phi) is 7.39. The van der Waals surface area contributed by atoms with E-state index in [1.54, 1.807) is 0 Å². The Morgan fingerprint density at radius 2 is 0.875 bits per heavy atom. The Bertz CT molecular complexity index is 4000. The Labute approximate surface area is 368 Å². The van der Waals surface area contributed by atoms with Crippen LogP contribution in [0.5, 0.6) is 0 Å². The number of hydrogen-bond acceptors (Lipinski definition) is 2. The van der Waals surface area contributed by atoms with Crippen molar-refractivity contribution >= 4 is 65.5 Å². The molecule has 5 nitrogen and oxygen atoms in total. The molecule has 0 aliphatic heterocycles. The summed E-state index contributed by atoms with van der Waals surface area (Å²) >= 11 is 0. The zero-order chi connectivity index (χ0) is 41.9. The molecule has 0 atom stereocenters. The highest BCUT2D eigenvalue weighted by atomic mass is 15.0. The minimum absolute atomic E-state index is 0.930. The zero-order valence-corrected chi connectivity index (χ0v) is 34.7. The smallest absolute Gasteiger partial charge is 0.0970 e. The van der Waals surface area contributed by atoms with E-state index < -0.39 is 0 Å². The second-order valence-electron chi connectivity index (χ2n) is 17.0. The van der Waals surface area contributed by atoms with E-state index in [2.05, 4.69) is 219 Å². The predicted molar refractivity (Wildman–Crippen MR) is 264 cm³/mol. The lowest BCUT2D eigenvalue weighted by atomic mass is 9.96. The highest BCUT2D eigenvalue weighted by molar-refractivity contribution is 6.12. The first-order valence-electron chi connectivity index (χ1n) is 21.9. The number of nitrogens with zero attached hydrogens (tertiary/aromatic N) is 5. The molecule has 0 amide bonds. The summed E-state index contributed by atoms with van der Waals surface area (Å²) in [6.07, 6.45) is 4.79. The first-order valence-corrected chi connectivity index (χ1v) is 21.9. The van der Waals surface area contributed by atoms with Crippen molar-refractivity contribution in [1.29, 1.82) is 0 Å². The van der Waals surface area contributed by atoms with Gasteiger partial charge in [0.2, 0.25) is 0 Å². The topological polar surface area (TPSA) is 40.6 Å². The van der Waals surface area contributed by atoms with Crippen LogP contribution in [-0.2, 0) is 6.42 Å². The van der Waals surface area contributed by atoms with E-state index in [1.165, 1.54) is 66.1 Å². The molecule has 0 spiro atoms. The predicted octanol–water partition coefficient (Wildman–Crippen LogP) is 14.7. The maximum atomic E-state index is 5.36. The average molecular weight is 816 g/mol. The van der Waals surface area contributed by atoms with Crippen molar-refractivity contribution in [2.75, 3.05) is 0 Å². The Morgan fingerprint density at radius 3 is 1.62 bits per heavy atom. The minimum atomic E-state index is 0.930. The first-order chi connectivity index (χ1) is 31.7. The number of fused-ring (bicyclic) bond motifs is 12. The molecule has 0 saturated carbocycles. The number of benzene rings is 8. The summed E-state index contributed by atoms with van der Waals surface area (Å²) in [4.78, 5) is 9.83. The molecular weight excluding hydrogens is 779 g/mol. The molecule has 64 heavy (non-hydrogen) atoms. The fraction of sp³-hybridized carbons (Fsp3) is 0.0169. The van der Waals surface area contributed by atoms with E-state index in [9.17, 15) is 0 Å². The van der Waals surface area contributed by atoms with Gasteiger partial charge in [0, 0.05) is 62.0 Å². The van der Waals surface area contributed by atoms with Gasteiger partial charge in [-0.05, 0) is 131 Å². The molecule has 5 aromatic heterocycles. The molecule has 0 N–H and O–H groups in total. The van der Waals surface area contributed by atoms with Crippen LogP contribution in [0.15, 0.2) is 213 Å². The third-order valence-electron chi connectivity index (χ3n) is 13.5. The Morgan fingerprint density at radius 1 is 0.344 bits per heavy atom. The van der Waals surface area contributed by atoms with Gasteiger partial charge in [0.1, 0.15) is 0 Å². The molecule has 14 rings (SSSR count). The summed E-state index contributed by atoms with van der Waals surface area (Å²) < 4.78 is 7.09. The summed E-state index contributed by atoms with van der Waals surface area (Å²) in [5.74, 6) is 0. The zero-order valence-electron chi connectivity index (χ0n) is 34.7. The Hall–Kier alpha value is -8.54. The van der Waals surface area contributed by atoms with Crippen LogP contribution in [0, 0.1) is 0 Å². The van der Waals surface area contributed by atoms with Gasteiger partial charge < -0.3 is 13.7 Å². The molecule has 0 bridgehead atoms. The van der Waals surface area contributed by atoms with Crippen molar-refractivity contribution in [3.63, 3.8) is 0 Å². The quantitative estimate of drug-likeness (QED) is 0.174. The molecule has 1 aliphatic carbocycles. The second-order valence-corrected chi connectivity index (χ2v) is 17.0. The summed E-state index contributed by atoms with van der Waals surface area (Å²) in [7, 11) is 0. The molecule has 0 fully saturated rings. The van der Waals surface area contributed by atoms with Crippen molar-refractivity contribution < 1.29 is 0 Å². The van der Waals surface area contributed by atoms with Crippen LogP contribution >= 0.6 is 0 Å². The van der Waals surface area contributed by atoms with Gasteiger partial charge in [0.05, 0.1) is 44.3 Å². The van der Waals surface area contributed by atoms with Crippen LogP contribution in [0.1, 0.15) is 11.1 Å². The maximum absolute atomic E-state index is 5.36. The van der Waals surface area contributed by atoms with Gasteiger partial charge in [-0.2, -0.15) is 0 Å². The summed E-state index contributed by atoms with van der Waals surface area (Å²) in [6.45, 7) is 0. The molecule has 0 saturated heterocycles. The van der Waals surface area contributed by atoms with Crippen LogP contribution in [-0.4, -0.2) is 23.7 Å². The van der Waals surface area contributed by atoms with Crippen LogP contribution in [0.4, 0.5) is 0 Å². The molecule has 5 heteroatoms. The van der Waals surface area contributed by atoms with Gasteiger partial charge in [0.15, 0.2) is 0 Å². The van der Waals surface area contributed by atoms with Gasteiger partial charge in [-0.25, -0.2) is 4.98 Å². The molecule has 1 aliphatic rings. The maximum Gasteiger partial charge on any atom is 0.0970 e. The van der Waals surface area contributed by atoms with Crippen LogP contribution in [0.25, 0.3) is 116 Å². The SMILES string of the molecule is c1ccc(-n2c3ccccc3c3nc(-c4ccc5c(c4)-c4cc(-c6ccc7c(c6)c6ccccc6n7-c6cccc(-n7c8ccccc8c8cnccc87)c6)ccc4C5)ccc32)cc1. The molecule has 0 radical (unpaired) electrons. The van der Waals surface area contributed by atoms with Crippen molar-refractivity contribution in [3.05, 3.63) is 224 Å². The lowest BCUT2D eigenvalue weighted by Crippen LogP contribution is -1.98. The fourth-order valence-electron chi connectivity index (χ4n) is 10.6. The van der Waals surface area contributed by atoms with Gasteiger partial charge in [-0.15, -0.1) is 0 Å². The summed E-state index contributed by atoms with van der Waals surface area (Å²) in [6, 6.07) is 72.9. The number of aromatic nitrogens is 5. The standard InChI is InChI=1S/C59H37N5/c1-2-11-42(12-3-1)62-55-20-9-6-17-47(55)59-58(62)28-26-52(61-59)41-24-23-40-31-39-22-21-37(32-48(39)49(40)34-41)38-25-27-56-50(33-38)45-15-4-7-18-53(45)63(56)43-13-10-14-44(35-43)64-54-19-8-5-16-46(54)51-36-60-30-29-57(51)64/h1-30,32-36H,31H2. The molecular formula is C59H37N5. The van der Waals surface area contributed by atoms with Gasteiger partial charge in [0.25, 0.3) is 0 Å². The third-order valence-corrected chi connectivity index (χ3v) is 13.5. The van der Waals surface area contributed by atoms with Crippen molar-refractivity contribution in [3.8, 4) is 50.6 Å². The number of rotatable bonds is 5. The Balaban J connectivity index is 0.856. The lowest BCUT2D eigenvalue weighted by Gasteiger charge is -2.13.